The van der Waals surface area contributed by atoms with Crippen LogP contribution in [0, 0.1) is 0 Å². The van der Waals surface area contributed by atoms with E-state index in [-0.39, 0.29) is 21.7 Å². The number of aromatic nitrogens is 2. The topological polar surface area (TPSA) is 33.5 Å². The normalized spacial score (nSPS) is 13.2. The molecule has 11 aromatic rings. The molecule has 0 amide bonds. The minimum absolute atomic E-state index is 0.198. The highest BCUT2D eigenvalue weighted by molar-refractivity contribution is 6.09. The lowest BCUT2D eigenvalue weighted by Crippen LogP contribution is -2.27. The van der Waals surface area contributed by atoms with E-state index in [0.717, 1.165) is 56.5 Å². The van der Waals surface area contributed by atoms with E-state index in [0.29, 0.717) is 18.5 Å². The van der Waals surface area contributed by atoms with Crippen LogP contribution in [0.25, 0.3) is 38.8 Å². The largest absolute Gasteiger partial charge is 0.457 e. The number of anilines is 4. The Kier molecular flexibility index (Phi) is 14.3. The molecular weight excluding hydrogens is 1020 g/mol. The summed E-state index contributed by atoms with van der Waals surface area (Å²) < 4.78 is 9.54. The van der Waals surface area contributed by atoms with Gasteiger partial charge in [-0.05, 0) is 145 Å². The van der Waals surface area contributed by atoms with Crippen molar-refractivity contribution in [3.05, 3.63) is 275 Å². The van der Waals surface area contributed by atoms with E-state index in [1.54, 1.807) is 0 Å². The molecule has 3 heterocycles. The average molecular weight is 1100 g/mol. The van der Waals surface area contributed by atoms with Crippen LogP contribution in [0.1, 0.15) is 152 Å². The van der Waals surface area contributed by atoms with Gasteiger partial charge in [0.25, 0.3) is 0 Å². The summed E-state index contributed by atoms with van der Waals surface area (Å²) in [7, 11) is 0. The van der Waals surface area contributed by atoms with Gasteiger partial charge in [0.1, 0.15) is 24.0 Å². The number of hydrogen-bond donors (Lipinski definition) is 0. The Bertz CT molecular complexity index is 4120. The lowest BCUT2D eigenvalue weighted by molar-refractivity contribution is 0.479. The minimum atomic E-state index is -0.289. The van der Waals surface area contributed by atoms with E-state index in [4.69, 9.17) is 9.72 Å². The second-order valence-corrected chi connectivity index (χ2v) is 26.6. The third-order valence-corrected chi connectivity index (χ3v) is 18.3. The zero-order chi connectivity index (χ0) is 58.9. The van der Waals surface area contributed by atoms with Crippen LogP contribution in [-0.4, -0.2) is 16.2 Å². The lowest BCUT2D eigenvalue weighted by Gasteiger charge is -2.33. The maximum Gasteiger partial charge on any atom is 0.137 e. The molecule has 0 bridgehead atoms. The number of rotatable bonds is 14. The van der Waals surface area contributed by atoms with Gasteiger partial charge in [-0.25, -0.2) is 4.98 Å². The van der Waals surface area contributed by atoms with E-state index in [1.807, 2.05) is 6.20 Å². The van der Waals surface area contributed by atoms with Crippen LogP contribution in [0.4, 0.5) is 22.7 Å². The van der Waals surface area contributed by atoms with Gasteiger partial charge in [-0.1, -0.05) is 230 Å². The van der Waals surface area contributed by atoms with Crippen molar-refractivity contribution in [3.8, 4) is 28.4 Å². The number of para-hydroxylation sites is 1. The SMILES string of the molecule is CC(C)c1cccc(C(C)C)c1-c1ccc2c(c1)N(c1cc(Oc3ccc4c5ccccc5n(-c5cc(C(C)(C)c6ccccc6)ccn5)c4c3)cc(C(C)(C)C)c1)CN2c1cc(C(C)(C)c2ccccc2)cc(C(C)(C)c2ccccc2)c1. The molecule has 1 aliphatic rings. The van der Waals surface area contributed by atoms with Crippen molar-refractivity contribution in [1.29, 1.82) is 0 Å². The van der Waals surface area contributed by atoms with Crippen molar-refractivity contribution in [1.82, 2.24) is 9.55 Å². The van der Waals surface area contributed by atoms with Crippen molar-refractivity contribution < 1.29 is 4.74 Å². The molecule has 9 aromatic carbocycles. The molecule has 0 aliphatic carbocycles. The van der Waals surface area contributed by atoms with Gasteiger partial charge in [-0.3, -0.25) is 4.57 Å². The molecule has 12 rings (SSSR count). The standard InChI is InChI=1S/C79H80N4O/c1-52(2)66-33-25-34-67(53(3)4)75(66)54-36-39-71-73(42-54)82(51-81(71)62-45-60(78(10,11)56-28-19-15-20-29-56)43-61(46-62)79(12,13)57-30-21-16-22-31-57)63-44-59(76(5,6)7)47-65(49-63)84-64-37-38-69-68-32-23-24-35-70(68)83(72(69)50-64)74-48-58(40-41-80-74)77(8,9)55-26-17-14-18-27-55/h14-50,52-53H,51H2,1-13H3. The van der Waals surface area contributed by atoms with Crippen LogP contribution in [-0.2, 0) is 21.7 Å². The molecule has 0 atom stereocenters. The van der Waals surface area contributed by atoms with E-state index in [2.05, 4.69) is 323 Å². The molecule has 0 spiro atoms. The third kappa shape index (κ3) is 10.2. The third-order valence-electron chi connectivity index (χ3n) is 18.3. The smallest absolute Gasteiger partial charge is 0.137 e. The second-order valence-electron chi connectivity index (χ2n) is 26.6. The molecule has 0 unspecified atom stereocenters. The van der Waals surface area contributed by atoms with Crippen molar-refractivity contribution >= 4 is 44.6 Å². The molecule has 2 aromatic heterocycles. The number of fused-ring (bicyclic) bond motifs is 4. The minimum Gasteiger partial charge on any atom is -0.457 e. The molecule has 422 valence electrons. The van der Waals surface area contributed by atoms with Gasteiger partial charge in [0, 0.05) is 56.7 Å². The highest BCUT2D eigenvalue weighted by Gasteiger charge is 2.35. The molecule has 0 N–H and O–H groups in total. The number of benzene rings is 9. The molecule has 84 heavy (non-hydrogen) atoms. The van der Waals surface area contributed by atoms with Gasteiger partial charge in [-0.2, -0.15) is 0 Å². The summed E-state index contributed by atoms with van der Waals surface area (Å²) in [6.07, 6.45) is 1.95. The van der Waals surface area contributed by atoms with Crippen molar-refractivity contribution in [2.75, 3.05) is 16.5 Å². The summed E-state index contributed by atoms with van der Waals surface area (Å²) in [4.78, 5) is 10.1. The summed E-state index contributed by atoms with van der Waals surface area (Å²) in [6.45, 7) is 30.8. The molecule has 1 aliphatic heterocycles. The van der Waals surface area contributed by atoms with Crippen molar-refractivity contribution in [2.45, 2.75) is 124 Å². The maximum atomic E-state index is 7.24. The Morgan fingerprint density at radius 1 is 0.393 bits per heavy atom. The maximum absolute atomic E-state index is 7.24. The molecule has 0 fully saturated rings. The Morgan fingerprint density at radius 3 is 1.50 bits per heavy atom. The number of hydrogen-bond acceptors (Lipinski definition) is 4. The highest BCUT2D eigenvalue weighted by Crippen LogP contribution is 2.51. The first-order valence-electron chi connectivity index (χ1n) is 30.2. The monoisotopic (exact) mass is 1100 g/mol. The first-order chi connectivity index (χ1) is 40.2. The lowest BCUT2D eigenvalue weighted by atomic mass is 9.73. The summed E-state index contributed by atoms with van der Waals surface area (Å²) in [5.41, 5.74) is 19.7. The van der Waals surface area contributed by atoms with Gasteiger partial charge in [0.15, 0.2) is 0 Å². The van der Waals surface area contributed by atoms with Crippen molar-refractivity contribution in [3.63, 3.8) is 0 Å². The zero-order valence-electron chi connectivity index (χ0n) is 51.4. The van der Waals surface area contributed by atoms with E-state index >= 15 is 0 Å². The molecule has 5 heteroatoms. The predicted octanol–water partition coefficient (Wildman–Crippen LogP) is 21.4. The fourth-order valence-corrected chi connectivity index (χ4v) is 12.9. The molecule has 0 saturated heterocycles. The van der Waals surface area contributed by atoms with Gasteiger partial charge in [-0.15, -0.1) is 0 Å². The van der Waals surface area contributed by atoms with E-state index in [9.17, 15) is 0 Å². The van der Waals surface area contributed by atoms with Gasteiger partial charge >= 0.3 is 0 Å². The zero-order valence-corrected chi connectivity index (χ0v) is 51.4. The fraction of sp³-hybridized carbons (Fsp3) is 0.253. The molecule has 5 nitrogen and oxygen atoms in total. The fourth-order valence-electron chi connectivity index (χ4n) is 12.9. The van der Waals surface area contributed by atoms with Gasteiger partial charge in [0.05, 0.1) is 22.4 Å². The van der Waals surface area contributed by atoms with Gasteiger partial charge in [0.2, 0.25) is 0 Å². The summed E-state index contributed by atoms with van der Waals surface area (Å²) in [5.74, 6) is 3.10. The number of nitrogens with zero attached hydrogens (tertiary/aromatic N) is 4. The summed E-state index contributed by atoms with van der Waals surface area (Å²) in [5, 5.41) is 2.32. The van der Waals surface area contributed by atoms with Crippen LogP contribution >= 0.6 is 0 Å². The quantitative estimate of drug-likeness (QED) is 0.109. The first-order valence-corrected chi connectivity index (χ1v) is 30.2. The molecular formula is C79H80N4O. The van der Waals surface area contributed by atoms with E-state index in [1.165, 1.54) is 66.6 Å². The number of pyridine rings is 1. The Morgan fingerprint density at radius 2 is 0.917 bits per heavy atom. The van der Waals surface area contributed by atoms with Crippen LogP contribution in [0.5, 0.6) is 11.5 Å². The summed E-state index contributed by atoms with van der Waals surface area (Å²) >= 11 is 0. The van der Waals surface area contributed by atoms with Crippen LogP contribution in [0.15, 0.2) is 225 Å². The molecule has 0 saturated carbocycles. The molecule has 0 radical (unpaired) electrons. The van der Waals surface area contributed by atoms with Crippen LogP contribution in [0.3, 0.4) is 0 Å². The van der Waals surface area contributed by atoms with Gasteiger partial charge < -0.3 is 14.5 Å². The Hall–Kier alpha value is -8.67. The van der Waals surface area contributed by atoms with Crippen LogP contribution in [0.2, 0.25) is 0 Å². The summed E-state index contributed by atoms with van der Waals surface area (Å²) in [6, 6.07) is 80.7. The highest BCUT2D eigenvalue weighted by atomic mass is 16.5. The predicted molar refractivity (Wildman–Crippen MR) is 355 cm³/mol. The van der Waals surface area contributed by atoms with E-state index < -0.39 is 0 Å². The van der Waals surface area contributed by atoms with Crippen molar-refractivity contribution in [2.24, 2.45) is 0 Å². The Balaban J connectivity index is 1.02. The first kappa shape index (κ1) is 55.8. The average Bonchev–Trinajstić information content (AvgIpc) is 1.99. The second kappa shape index (κ2) is 21.5. The Labute approximate surface area is 499 Å². The van der Waals surface area contributed by atoms with Crippen LogP contribution < -0.4 is 14.5 Å². The number of ether oxygens (including phenoxy) is 1.